The van der Waals surface area contributed by atoms with Crippen LogP contribution in [0.1, 0.15) is 25.8 Å². The van der Waals surface area contributed by atoms with E-state index in [4.69, 9.17) is 19.3 Å². The molecule has 1 spiro atoms. The van der Waals surface area contributed by atoms with E-state index in [-0.39, 0.29) is 0 Å². The van der Waals surface area contributed by atoms with Crippen LogP contribution in [0.2, 0.25) is 0 Å². The first kappa shape index (κ1) is 32.1. The van der Waals surface area contributed by atoms with Gasteiger partial charge in [0.05, 0.1) is 38.3 Å². The Morgan fingerprint density at radius 3 is 1.90 bits per heavy atom. The van der Waals surface area contributed by atoms with Crippen molar-refractivity contribution in [1.29, 1.82) is 0 Å². The molecule has 244 valence electrons. The number of carbonyl (C=O) groups excluding carboxylic acids is 2. The van der Waals surface area contributed by atoms with Gasteiger partial charge in [0.1, 0.15) is 11.7 Å². The quantitative estimate of drug-likeness (QED) is 0.148. The largest absolute Gasteiger partial charge is 0.497 e. The SMILES string of the molecule is CC/C=C1\[C@@H](C(=O)OC)[C@@]2(/C(=C(/C)C(=O)OC)N1c1ccc(OC)cc1)N(c1ccccc1)N=C(c1ccccc1)N2c1ccccc1. The molecule has 48 heavy (non-hydrogen) atoms. The Labute approximate surface area is 280 Å². The first-order chi connectivity index (χ1) is 23.4. The van der Waals surface area contributed by atoms with Gasteiger partial charge in [-0.2, -0.15) is 5.10 Å². The monoisotopic (exact) mass is 642 g/mol. The van der Waals surface area contributed by atoms with Crippen LogP contribution in [-0.2, 0) is 19.1 Å². The van der Waals surface area contributed by atoms with Crippen molar-refractivity contribution < 1.29 is 23.8 Å². The highest BCUT2D eigenvalue weighted by atomic mass is 16.5. The maximum Gasteiger partial charge on any atom is 0.335 e. The lowest BCUT2D eigenvalue weighted by atomic mass is 9.85. The fourth-order valence-electron chi connectivity index (χ4n) is 6.71. The van der Waals surface area contributed by atoms with Crippen molar-refractivity contribution in [2.24, 2.45) is 11.0 Å². The Morgan fingerprint density at radius 1 is 0.771 bits per heavy atom. The molecule has 0 N–H and O–H groups in total. The van der Waals surface area contributed by atoms with Crippen LogP contribution in [0.15, 0.2) is 143 Å². The summed E-state index contributed by atoms with van der Waals surface area (Å²) in [6.07, 6.45) is 2.61. The summed E-state index contributed by atoms with van der Waals surface area (Å²) in [6, 6.07) is 36.8. The van der Waals surface area contributed by atoms with Gasteiger partial charge in [-0.25, -0.2) is 9.80 Å². The number of hydrogen-bond acceptors (Lipinski definition) is 9. The molecule has 0 amide bonds. The van der Waals surface area contributed by atoms with Gasteiger partial charge in [0.25, 0.3) is 0 Å². The Balaban J connectivity index is 1.83. The van der Waals surface area contributed by atoms with Crippen LogP contribution in [0.3, 0.4) is 0 Å². The number of carbonyl (C=O) groups is 2. The predicted molar refractivity (Wildman–Crippen MR) is 188 cm³/mol. The van der Waals surface area contributed by atoms with Gasteiger partial charge in [0, 0.05) is 22.6 Å². The average molecular weight is 643 g/mol. The number of para-hydroxylation sites is 2. The molecule has 4 aromatic carbocycles. The zero-order valence-electron chi connectivity index (χ0n) is 27.7. The standard InChI is InChI=1S/C39H38N4O5/c1-6-16-33-34(38(45)48-5)39(35(27(2)37(44)47-4)41(33)29-23-25-32(46-3)26-24-29)42(30-19-12-8-13-20-30)36(28-17-10-7-11-18-28)40-43(39)31-21-14-9-15-22-31/h7-26,34H,6H2,1-5H3/b33-16+,35-27+/t34-,39-/m0/s1. The summed E-state index contributed by atoms with van der Waals surface area (Å²) in [5, 5.41) is 7.22. The summed E-state index contributed by atoms with van der Waals surface area (Å²) >= 11 is 0. The second-order valence-electron chi connectivity index (χ2n) is 11.3. The average Bonchev–Trinajstić information content (AvgIpc) is 3.64. The lowest BCUT2D eigenvalue weighted by Gasteiger charge is -2.45. The summed E-state index contributed by atoms with van der Waals surface area (Å²) in [6.45, 7) is 3.75. The summed E-state index contributed by atoms with van der Waals surface area (Å²) in [5.41, 5.74) is 2.94. The van der Waals surface area contributed by atoms with Crippen LogP contribution in [0.4, 0.5) is 17.1 Å². The molecule has 2 aliphatic rings. The summed E-state index contributed by atoms with van der Waals surface area (Å²) in [7, 11) is 4.36. The number of amidine groups is 1. The van der Waals surface area contributed by atoms with Crippen LogP contribution < -0.4 is 19.5 Å². The molecule has 1 fully saturated rings. The second-order valence-corrected chi connectivity index (χ2v) is 11.3. The van der Waals surface area contributed by atoms with E-state index in [1.54, 1.807) is 14.0 Å². The number of rotatable bonds is 8. The van der Waals surface area contributed by atoms with Crippen molar-refractivity contribution in [1.82, 2.24) is 0 Å². The second kappa shape index (κ2) is 13.5. The Kier molecular flexibility index (Phi) is 9.03. The minimum atomic E-state index is -1.50. The van der Waals surface area contributed by atoms with E-state index in [0.717, 1.165) is 11.3 Å². The zero-order valence-corrected chi connectivity index (χ0v) is 27.7. The molecule has 0 bridgehead atoms. The lowest BCUT2D eigenvalue weighted by Crippen LogP contribution is -2.63. The smallest absolute Gasteiger partial charge is 0.335 e. The van der Waals surface area contributed by atoms with Crippen LogP contribution >= 0.6 is 0 Å². The first-order valence-electron chi connectivity index (χ1n) is 15.8. The molecule has 0 unspecified atom stereocenters. The van der Waals surface area contributed by atoms with Gasteiger partial charge >= 0.3 is 11.9 Å². The highest BCUT2D eigenvalue weighted by Gasteiger charge is 2.69. The van der Waals surface area contributed by atoms with Gasteiger partial charge in [-0.3, -0.25) is 9.69 Å². The molecule has 2 aliphatic heterocycles. The Hall–Kier alpha value is -5.83. The normalized spacial score (nSPS) is 20.6. The number of methoxy groups -OCH3 is 3. The molecular weight excluding hydrogens is 604 g/mol. The Bertz CT molecular complexity index is 1870. The number of ether oxygens (including phenoxy) is 3. The zero-order chi connectivity index (χ0) is 33.8. The molecular formula is C39H38N4O5. The minimum Gasteiger partial charge on any atom is -0.497 e. The molecule has 6 rings (SSSR count). The fraction of sp³-hybridized carbons (Fsp3) is 0.205. The third-order valence-corrected chi connectivity index (χ3v) is 8.67. The van der Waals surface area contributed by atoms with E-state index in [9.17, 15) is 9.59 Å². The van der Waals surface area contributed by atoms with E-state index < -0.39 is 23.5 Å². The summed E-state index contributed by atoms with van der Waals surface area (Å²) in [5.74, 6) is -0.793. The third kappa shape index (κ3) is 5.17. The lowest BCUT2D eigenvalue weighted by molar-refractivity contribution is -0.145. The highest BCUT2D eigenvalue weighted by molar-refractivity contribution is 6.16. The third-order valence-electron chi connectivity index (χ3n) is 8.67. The molecule has 1 saturated heterocycles. The van der Waals surface area contributed by atoms with Gasteiger partial charge in [-0.05, 0) is 61.9 Å². The molecule has 2 atom stereocenters. The summed E-state index contributed by atoms with van der Waals surface area (Å²) in [4.78, 5) is 32.5. The predicted octanol–water partition coefficient (Wildman–Crippen LogP) is 7.13. The Morgan fingerprint density at radius 2 is 1.35 bits per heavy atom. The van der Waals surface area contributed by atoms with Crippen molar-refractivity contribution in [3.05, 3.63) is 144 Å². The van der Waals surface area contributed by atoms with E-state index in [2.05, 4.69) is 4.90 Å². The number of nitrogens with zero attached hydrogens (tertiary/aromatic N) is 4. The highest BCUT2D eigenvalue weighted by Crippen LogP contribution is 2.58. The van der Waals surface area contributed by atoms with Crippen LogP contribution in [-0.4, -0.2) is 44.8 Å². The van der Waals surface area contributed by atoms with Crippen molar-refractivity contribution in [3.8, 4) is 5.75 Å². The molecule has 0 radical (unpaired) electrons. The van der Waals surface area contributed by atoms with Gasteiger partial charge in [-0.15, -0.1) is 0 Å². The van der Waals surface area contributed by atoms with Crippen LogP contribution in [0.5, 0.6) is 5.75 Å². The number of esters is 2. The maximum atomic E-state index is 14.6. The van der Waals surface area contributed by atoms with Crippen LogP contribution in [0.25, 0.3) is 0 Å². The molecule has 0 aliphatic carbocycles. The molecule has 9 nitrogen and oxygen atoms in total. The topological polar surface area (TPSA) is 83.9 Å². The summed E-state index contributed by atoms with van der Waals surface area (Å²) < 4.78 is 16.6. The molecule has 9 heteroatoms. The van der Waals surface area contributed by atoms with Crippen molar-refractivity contribution >= 4 is 34.8 Å². The van der Waals surface area contributed by atoms with E-state index in [1.165, 1.54) is 14.2 Å². The van der Waals surface area contributed by atoms with Crippen molar-refractivity contribution in [2.45, 2.75) is 25.9 Å². The van der Waals surface area contributed by atoms with Crippen molar-refractivity contribution in [2.75, 3.05) is 36.1 Å². The van der Waals surface area contributed by atoms with Crippen molar-refractivity contribution in [3.63, 3.8) is 0 Å². The van der Waals surface area contributed by atoms with Gasteiger partial charge in [0.15, 0.2) is 5.84 Å². The molecule has 4 aromatic rings. The number of allylic oxidation sites excluding steroid dienone is 1. The number of benzene rings is 4. The van der Waals surface area contributed by atoms with Crippen LogP contribution in [0, 0.1) is 5.92 Å². The van der Waals surface area contributed by atoms with E-state index in [0.29, 0.717) is 46.3 Å². The number of hydrogen-bond donors (Lipinski definition) is 0. The van der Waals surface area contributed by atoms with Gasteiger partial charge < -0.3 is 19.1 Å². The fourth-order valence-corrected chi connectivity index (χ4v) is 6.71. The van der Waals surface area contributed by atoms with E-state index in [1.807, 2.05) is 138 Å². The molecule has 0 aromatic heterocycles. The number of anilines is 3. The minimum absolute atomic E-state index is 0.299. The van der Waals surface area contributed by atoms with Gasteiger partial charge in [-0.1, -0.05) is 79.7 Å². The van der Waals surface area contributed by atoms with E-state index >= 15 is 0 Å². The van der Waals surface area contributed by atoms with Gasteiger partial charge in [0.2, 0.25) is 5.66 Å². The maximum absolute atomic E-state index is 14.6. The first-order valence-corrected chi connectivity index (χ1v) is 15.8. The number of hydrazone groups is 1. The molecule has 2 heterocycles. The molecule has 0 saturated carbocycles.